The number of likely N-dealkylation sites (tertiary alicyclic amines) is 1. The van der Waals surface area contributed by atoms with E-state index in [9.17, 15) is 9.59 Å². The molecule has 0 spiro atoms. The molecular weight excluding hydrogens is 376 g/mol. The maximum atomic E-state index is 12.6. The van der Waals surface area contributed by atoms with E-state index in [1.165, 1.54) is 0 Å². The van der Waals surface area contributed by atoms with E-state index in [2.05, 4.69) is 9.97 Å². The number of aromatic nitrogens is 2. The maximum Gasteiger partial charge on any atom is 0.222 e. The zero-order chi connectivity index (χ0) is 21.2. The molecule has 2 aromatic rings. The number of amides is 2. The van der Waals surface area contributed by atoms with E-state index in [0.29, 0.717) is 25.3 Å². The van der Waals surface area contributed by atoms with E-state index in [0.717, 1.165) is 56.5 Å². The lowest BCUT2D eigenvalue weighted by atomic mass is 9.92. The summed E-state index contributed by atoms with van der Waals surface area (Å²) in [5, 5.41) is 0. The van der Waals surface area contributed by atoms with Gasteiger partial charge in [0.05, 0.1) is 0 Å². The number of carbonyl (C=O) groups is 2. The van der Waals surface area contributed by atoms with Crippen LogP contribution < -0.4 is 0 Å². The monoisotopic (exact) mass is 408 g/mol. The van der Waals surface area contributed by atoms with Crippen molar-refractivity contribution >= 4 is 11.8 Å². The molecule has 0 saturated carbocycles. The summed E-state index contributed by atoms with van der Waals surface area (Å²) in [4.78, 5) is 37.3. The van der Waals surface area contributed by atoms with E-state index in [4.69, 9.17) is 0 Å². The van der Waals surface area contributed by atoms with Gasteiger partial charge < -0.3 is 9.80 Å². The molecule has 160 valence electrons. The third-order valence-electron chi connectivity index (χ3n) is 5.84. The lowest BCUT2D eigenvalue weighted by Gasteiger charge is -2.33. The molecule has 2 aromatic heterocycles. The Balaban J connectivity index is 1.37. The molecule has 1 aliphatic heterocycles. The Morgan fingerprint density at radius 2 is 2.03 bits per heavy atom. The van der Waals surface area contributed by atoms with E-state index in [-0.39, 0.29) is 11.8 Å². The quantitative estimate of drug-likeness (QED) is 0.639. The molecule has 3 rings (SSSR count). The summed E-state index contributed by atoms with van der Waals surface area (Å²) in [5.41, 5.74) is 2.10. The smallest absolute Gasteiger partial charge is 0.222 e. The van der Waals surface area contributed by atoms with Crippen molar-refractivity contribution in [2.75, 3.05) is 26.7 Å². The molecule has 0 aromatic carbocycles. The lowest BCUT2D eigenvalue weighted by Crippen LogP contribution is -2.40. The molecule has 0 unspecified atom stereocenters. The molecule has 1 atom stereocenters. The van der Waals surface area contributed by atoms with Crippen molar-refractivity contribution in [3.8, 4) is 0 Å². The number of carbonyl (C=O) groups excluding carboxylic acids is 2. The minimum Gasteiger partial charge on any atom is -0.345 e. The summed E-state index contributed by atoms with van der Waals surface area (Å²) in [6, 6.07) is 9.77. The predicted octanol–water partition coefficient (Wildman–Crippen LogP) is 3.13. The van der Waals surface area contributed by atoms with Crippen LogP contribution in [-0.4, -0.2) is 58.3 Å². The average molecular weight is 409 g/mol. The number of piperidine rings is 1. The van der Waals surface area contributed by atoms with Crippen LogP contribution in [0.3, 0.4) is 0 Å². The molecule has 1 fully saturated rings. The summed E-state index contributed by atoms with van der Waals surface area (Å²) >= 11 is 0. The first-order chi connectivity index (χ1) is 14.6. The fourth-order valence-corrected chi connectivity index (χ4v) is 3.95. The Morgan fingerprint density at radius 3 is 2.80 bits per heavy atom. The van der Waals surface area contributed by atoms with Gasteiger partial charge in [-0.25, -0.2) is 0 Å². The van der Waals surface area contributed by atoms with Crippen molar-refractivity contribution < 1.29 is 9.59 Å². The van der Waals surface area contributed by atoms with Gasteiger partial charge in [0.1, 0.15) is 0 Å². The van der Waals surface area contributed by atoms with Crippen LogP contribution >= 0.6 is 0 Å². The van der Waals surface area contributed by atoms with Crippen LogP contribution in [0.25, 0.3) is 0 Å². The Kier molecular flexibility index (Phi) is 8.36. The third kappa shape index (κ3) is 6.94. The van der Waals surface area contributed by atoms with Crippen LogP contribution in [0.1, 0.15) is 43.4 Å². The molecule has 0 N–H and O–H groups in total. The van der Waals surface area contributed by atoms with Gasteiger partial charge in [-0.3, -0.25) is 19.6 Å². The second kappa shape index (κ2) is 11.4. The molecule has 30 heavy (non-hydrogen) atoms. The molecule has 0 radical (unpaired) electrons. The van der Waals surface area contributed by atoms with E-state index >= 15 is 0 Å². The molecule has 0 aliphatic carbocycles. The molecule has 6 heteroatoms. The highest BCUT2D eigenvalue weighted by atomic mass is 16.2. The van der Waals surface area contributed by atoms with Crippen molar-refractivity contribution in [2.45, 2.75) is 44.9 Å². The summed E-state index contributed by atoms with van der Waals surface area (Å²) in [7, 11) is 1.86. The number of aryl methyl sites for hydroxylation is 1. The van der Waals surface area contributed by atoms with Crippen LogP contribution in [0, 0.1) is 5.92 Å². The molecule has 2 amide bonds. The van der Waals surface area contributed by atoms with Crippen molar-refractivity contribution in [2.24, 2.45) is 5.92 Å². The minimum atomic E-state index is 0.172. The third-order valence-corrected chi connectivity index (χ3v) is 5.84. The summed E-state index contributed by atoms with van der Waals surface area (Å²) in [6.45, 7) is 2.29. The van der Waals surface area contributed by atoms with Crippen LogP contribution in [0.2, 0.25) is 0 Å². The summed E-state index contributed by atoms with van der Waals surface area (Å²) in [6.07, 6.45) is 10.9. The zero-order valence-corrected chi connectivity index (χ0v) is 17.9. The van der Waals surface area contributed by atoms with Gasteiger partial charge in [-0.1, -0.05) is 12.1 Å². The average Bonchev–Trinajstić information content (AvgIpc) is 2.81. The van der Waals surface area contributed by atoms with E-state index in [1.54, 1.807) is 17.3 Å². The van der Waals surface area contributed by atoms with Crippen LogP contribution in [-0.2, 0) is 22.4 Å². The number of nitrogens with zero attached hydrogens (tertiary/aromatic N) is 4. The Labute approximate surface area is 179 Å². The number of rotatable bonds is 9. The first-order valence-electron chi connectivity index (χ1n) is 10.9. The standard InChI is InChI=1S/C24H32N4O2/c1-27(17-13-22-8-2-3-15-26-22)23(29)11-10-21-7-5-16-28(19-21)24(30)12-9-20-6-4-14-25-18-20/h2-4,6,8,14-15,18,21H,5,7,9-13,16-17,19H2,1H3/t21-/m0/s1. The van der Waals surface area contributed by atoms with Gasteiger partial charge in [-0.2, -0.15) is 0 Å². The molecule has 0 bridgehead atoms. The molecule has 1 saturated heterocycles. The van der Waals surface area contributed by atoms with Crippen LogP contribution in [0.15, 0.2) is 48.9 Å². The first-order valence-corrected chi connectivity index (χ1v) is 10.9. The SMILES string of the molecule is CN(CCc1ccccn1)C(=O)CC[C@@H]1CCCN(C(=O)CCc2cccnc2)C1. The Morgan fingerprint density at radius 1 is 1.13 bits per heavy atom. The highest BCUT2D eigenvalue weighted by Crippen LogP contribution is 2.22. The normalized spacial score (nSPS) is 16.3. The van der Waals surface area contributed by atoms with Crippen LogP contribution in [0.4, 0.5) is 0 Å². The van der Waals surface area contributed by atoms with Gasteiger partial charge in [0.2, 0.25) is 11.8 Å². The van der Waals surface area contributed by atoms with Gasteiger partial charge >= 0.3 is 0 Å². The van der Waals surface area contributed by atoms with Gasteiger partial charge in [-0.15, -0.1) is 0 Å². The van der Waals surface area contributed by atoms with Crippen molar-refractivity contribution in [3.05, 3.63) is 60.2 Å². The van der Waals surface area contributed by atoms with Gasteiger partial charge in [0.25, 0.3) is 0 Å². The Hall–Kier alpha value is -2.76. The van der Waals surface area contributed by atoms with E-state index < -0.39 is 0 Å². The number of hydrogen-bond acceptors (Lipinski definition) is 4. The molecule has 1 aliphatic rings. The molecule has 3 heterocycles. The van der Waals surface area contributed by atoms with Gasteiger partial charge in [0.15, 0.2) is 0 Å². The fourth-order valence-electron chi connectivity index (χ4n) is 3.95. The molecule has 6 nitrogen and oxygen atoms in total. The number of likely N-dealkylation sites (N-methyl/N-ethyl adjacent to an activating group) is 1. The second-order valence-electron chi connectivity index (χ2n) is 8.13. The predicted molar refractivity (Wildman–Crippen MR) is 117 cm³/mol. The first kappa shape index (κ1) is 21.9. The Bertz CT molecular complexity index is 797. The topological polar surface area (TPSA) is 66.4 Å². The maximum absolute atomic E-state index is 12.6. The summed E-state index contributed by atoms with van der Waals surface area (Å²) in [5.74, 6) is 0.794. The second-order valence-corrected chi connectivity index (χ2v) is 8.13. The van der Waals surface area contributed by atoms with Gasteiger partial charge in [0, 0.05) is 70.2 Å². The van der Waals surface area contributed by atoms with Crippen molar-refractivity contribution in [3.63, 3.8) is 0 Å². The largest absolute Gasteiger partial charge is 0.345 e. The van der Waals surface area contributed by atoms with Gasteiger partial charge in [-0.05, 0) is 55.4 Å². The zero-order valence-electron chi connectivity index (χ0n) is 17.9. The summed E-state index contributed by atoms with van der Waals surface area (Å²) < 4.78 is 0. The molecular formula is C24H32N4O2. The van der Waals surface area contributed by atoms with Crippen molar-refractivity contribution in [1.29, 1.82) is 0 Å². The number of hydrogen-bond donors (Lipinski definition) is 0. The highest BCUT2D eigenvalue weighted by Gasteiger charge is 2.24. The van der Waals surface area contributed by atoms with Crippen molar-refractivity contribution in [1.82, 2.24) is 19.8 Å². The minimum absolute atomic E-state index is 0.172. The lowest BCUT2D eigenvalue weighted by molar-refractivity contribution is -0.133. The highest BCUT2D eigenvalue weighted by molar-refractivity contribution is 5.77. The van der Waals surface area contributed by atoms with E-state index in [1.807, 2.05) is 48.5 Å². The van der Waals surface area contributed by atoms with Crippen LogP contribution in [0.5, 0.6) is 0 Å². The fraction of sp³-hybridized carbons (Fsp3) is 0.500. The number of pyridine rings is 2.